The van der Waals surface area contributed by atoms with E-state index in [0.29, 0.717) is 18.8 Å². The summed E-state index contributed by atoms with van der Waals surface area (Å²) in [6, 6.07) is 6.39. The van der Waals surface area contributed by atoms with Crippen LogP contribution in [0, 0.1) is 6.92 Å². The molecule has 2 aliphatic heterocycles. The fraction of sp³-hybridized carbons (Fsp3) is 0.720. The van der Waals surface area contributed by atoms with Crippen molar-refractivity contribution in [3.05, 3.63) is 29.3 Å². The third-order valence-electron chi connectivity index (χ3n) is 5.82. The van der Waals surface area contributed by atoms with Crippen LogP contribution >= 0.6 is 0 Å². The first-order valence-electron chi connectivity index (χ1n) is 11.8. The Bertz CT molecular complexity index is 715. The molecule has 0 saturated carbocycles. The first kappa shape index (κ1) is 23.9. The molecule has 1 atom stereocenters. The standard InChI is InChI=1S/C25H41N3O3/c1-19-9-10-20(23(16-19)31-25(2,3)4)17-27-24(26-5)28-13-11-21(12-14-28)30-18-22-8-6-7-15-29-22/h9-10,16,21-22H,6-8,11-15,17-18H2,1-5H3,(H,26,27). The number of likely N-dealkylation sites (tertiary alicyclic amines) is 1. The van der Waals surface area contributed by atoms with Crippen LogP contribution in [0.1, 0.15) is 64.0 Å². The van der Waals surface area contributed by atoms with Gasteiger partial charge in [0.1, 0.15) is 11.4 Å². The zero-order chi connectivity index (χ0) is 22.3. The molecular weight excluding hydrogens is 390 g/mol. The van der Waals surface area contributed by atoms with Gasteiger partial charge >= 0.3 is 0 Å². The topological polar surface area (TPSA) is 55.3 Å². The number of hydrogen-bond acceptors (Lipinski definition) is 4. The number of piperidine rings is 1. The second-order valence-electron chi connectivity index (χ2n) is 9.73. The zero-order valence-corrected chi connectivity index (χ0v) is 20.1. The minimum Gasteiger partial charge on any atom is -0.488 e. The van der Waals surface area contributed by atoms with Crippen molar-refractivity contribution in [2.24, 2.45) is 4.99 Å². The van der Waals surface area contributed by atoms with E-state index in [1.54, 1.807) is 0 Å². The number of aryl methyl sites for hydroxylation is 1. The van der Waals surface area contributed by atoms with Crippen LogP contribution in [0.3, 0.4) is 0 Å². The Kier molecular flexibility index (Phi) is 8.61. The summed E-state index contributed by atoms with van der Waals surface area (Å²) in [4.78, 5) is 6.85. The summed E-state index contributed by atoms with van der Waals surface area (Å²) >= 11 is 0. The van der Waals surface area contributed by atoms with Gasteiger partial charge in [-0.2, -0.15) is 0 Å². The lowest BCUT2D eigenvalue weighted by Crippen LogP contribution is -2.47. The van der Waals surface area contributed by atoms with E-state index in [2.05, 4.69) is 61.1 Å². The highest BCUT2D eigenvalue weighted by molar-refractivity contribution is 5.80. The minimum atomic E-state index is -0.227. The van der Waals surface area contributed by atoms with Gasteiger partial charge in [-0.25, -0.2) is 0 Å². The summed E-state index contributed by atoms with van der Waals surface area (Å²) < 4.78 is 18.1. The molecule has 1 N–H and O–H groups in total. The molecule has 2 saturated heterocycles. The number of aliphatic imine (C=N–C) groups is 1. The van der Waals surface area contributed by atoms with Crippen molar-refractivity contribution in [2.45, 2.75) is 84.2 Å². The molecule has 6 heteroatoms. The van der Waals surface area contributed by atoms with E-state index < -0.39 is 0 Å². The van der Waals surface area contributed by atoms with Crippen molar-refractivity contribution < 1.29 is 14.2 Å². The zero-order valence-electron chi connectivity index (χ0n) is 20.1. The SMILES string of the molecule is CN=C(NCc1ccc(C)cc1OC(C)(C)C)N1CCC(OCC2CCCCO2)CC1. The van der Waals surface area contributed by atoms with E-state index in [-0.39, 0.29) is 5.60 Å². The van der Waals surface area contributed by atoms with Crippen LogP contribution in [0.4, 0.5) is 0 Å². The second kappa shape index (κ2) is 11.2. The summed E-state index contributed by atoms with van der Waals surface area (Å²) in [6.07, 6.45) is 6.25. The summed E-state index contributed by atoms with van der Waals surface area (Å²) in [5.74, 6) is 1.88. The first-order chi connectivity index (χ1) is 14.8. The van der Waals surface area contributed by atoms with E-state index in [0.717, 1.165) is 62.8 Å². The quantitative estimate of drug-likeness (QED) is 0.538. The number of hydrogen-bond donors (Lipinski definition) is 1. The van der Waals surface area contributed by atoms with Crippen LogP contribution in [-0.4, -0.2) is 62.0 Å². The third kappa shape index (κ3) is 7.69. The van der Waals surface area contributed by atoms with E-state index in [1.807, 2.05) is 7.05 Å². The Morgan fingerprint density at radius 1 is 1.19 bits per heavy atom. The number of nitrogens with one attached hydrogen (secondary N) is 1. The number of ether oxygens (including phenoxy) is 3. The molecule has 2 fully saturated rings. The second-order valence-corrected chi connectivity index (χ2v) is 9.73. The largest absolute Gasteiger partial charge is 0.488 e. The molecule has 174 valence electrons. The Hall–Kier alpha value is -1.79. The molecule has 6 nitrogen and oxygen atoms in total. The van der Waals surface area contributed by atoms with E-state index in [1.165, 1.54) is 18.4 Å². The normalized spacial score (nSPS) is 21.3. The molecule has 2 heterocycles. The predicted molar refractivity (Wildman–Crippen MR) is 126 cm³/mol. The molecular formula is C25H41N3O3. The summed E-state index contributed by atoms with van der Waals surface area (Å²) in [7, 11) is 1.85. The van der Waals surface area contributed by atoms with Crippen LogP contribution in [0.5, 0.6) is 5.75 Å². The molecule has 1 aromatic carbocycles. The molecule has 0 amide bonds. The van der Waals surface area contributed by atoms with Crippen LogP contribution < -0.4 is 10.1 Å². The van der Waals surface area contributed by atoms with Crippen LogP contribution in [0.25, 0.3) is 0 Å². The maximum Gasteiger partial charge on any atom is 0.193 e. The Morgan fingerprint density at radius 2 is 1.97 bits per heavy atom. The third-order valence-corrected chi connectivity index (χ3v) is 5.82. The van der Waals surface area contributed by atoms with Gasteiger partial charge < -0.3 is 24.4 Å². The van der Waals surface area contributed by atoms with Gasteiger partial charge in [-0.1, -0.05) is 12.1 Å². The molecule has 31 heavy (non-hydrogen) atoms. The molecule has 0 spiro atoms. The van der Waals surface area contributed by atoms with Gasteiger partial charge in [0.15, 0.2) is 5.96 Å². The monoisotopic (exact) mass is 431 g/mol. The molecule has 0 radical (unpaired) electrons. The predicted octanol–water partition coefficient (Wildman–Crippen LogP) is 4.30. The number of nitrogens with zero attached hydrogens (tertiary/aromatic N) is 2. The summed E-state index contributed by atoms with van der Waals surface area (Å²) in [5, 5.41) is 3.53. The van der Waals surface area contributed by atoms with Crippen LogP contribution in [0.15, 0.2) is 23.2 Å². The average molecular weight is 432 g/mol. The average Bonchev–Trinajstić information content (AvgIpc) is 2.74. The van der Waals surface area contributed by atoms with Crippen molar-refractivity contribution in [3.63, 3.8) is 0 Å². The highest BCUT2D eigenvalue weighted by Gasteiger charge is 2.24. The highest BCUT2D eigenvalue weighted by Crippen LogP contribution is 2.25. The van der Waals surface area contributed by atoms with Gasteiger partial charge in [0.25, 0.3) is 0 Å². The molecule has 2 aliphatic rings. The van der Waals surface area contributed by atoms with E-state index in [9.17, 15) is 0 Å². The summed E-state index contributed by atoms with van der Waals surface area (Å²) in [5.41, 5.74) is 2.12. The lowest BCUT2D eigenvalue weighted by atomic mass is 10.1. The Balaban J connectivity index is 1.48. The van der Waals surface area contributed by atoms with Crippen LogP contribution in [0.2, 0.25) is 0 Å². The maximum atomic E-state index is 6.20. The van der Waals surface area contributed by atoms with Gasteiger partial charge in [-0.15, -0.1) is 0 Å². The first-order valence-corrected chi connectivity index (χ1v) is 11.8. The molecule has 0 aliphatic carbocycles. The van der Waals surface area contributed by atoms with E-state index in [4.69, 9.17) is 14.2 Å². The molecule has 0 aromatic heterocycles. The van der Waals surface area contributed by atoms with Gasteiger partial charge in [0, 0.05) is 38.9 Å². The lowest BCUT2D eigenvalue weighted by molar-refractivity contribution is -0.0721. The van der Waals surface area contributed by atoms with Crippen molar-refractivity contribution in [1.82, 2.24) is 10.2 Å². The van der Waals surface area contributed by atoms with E-state index >= 15 is 0 Å². The molecule has 3 rings (SSSR count). The van der Waals surface area contributed by atoms with Crippen molar-refractivity contribution in [2.75, 3.05) is 33.4 Å². The van der Waals surface area contributed by atoms with Crippen molar-refractivity contribution >= 4 is 5.96 Å². The van der Waals surface area contributed by atoms with Crippen LogP contribution in [-0.2, 0) is 16.0 Å². The highest BCUT2D eigenvalue weighted by atomic mass is 16.5. The molecule has 1 aromatic rings. The van der Waals surface area contributed by atoms with Crippen molar-refractivity contribution in [1.29, 1.82) is 0 Å². The summed E-state index contributed by atoms with van der Waals surface area (Å²) in [6.45, 7) is 12.6. The molecule has 1 unspecified atom stereocenters. The smallest absolute Gasteiger partial charge is 0.193 e. The van der Waals surface area contributed by atoms with Gasteiger partial charge in [0.2, 0.25) is 0 Å². The Morgan fingerprint density at radius 3 is 2.61 bits per heavy atom. The van der Waals surface area contributed by atoms with Gasteiger partial charge in [0.05, 0.1) is 18.8 Å². The van der Waals surface area contributed by atoms with Gasteiger partial charge in [-0.3, -0.25) is 4.99 Å². The Labute approximate surface area is 188 Å². The lowest BCUT2D eigenvalue weighted by Gasteiger charge is -2.35. The number of benzene rings is 1. The number of guanidine groups is 1. The van der Waals surface area contributed by atoms with Crippen molar-refractivity contribution in [3.8, 4) is 5.75 Å². The van der Waals surface area contributed by atoms with Gasteiger partial charge in [-0.05, 0) is 71.4 Å². The maximum absolute atomic E-state index is 6.20. The fourth-order valence-electron chi connectivity index (χ4n) is 4.16. The molecule has 0 bridgehead atoms. The number of rotatable bonds is 6. The minimum absolute atomic E-state index is 0.227. The fourth-order valence-corrected chi connectivity index (χ4v) is 4.16.